The van der Waals surface area contributed by atoms with E-state index in [4.69, 9.17) is 9.72 Å². The summed E-state index contributed by atoms with van der Waals surface area (Å²) in [4.78, 5) is 5.10. The van der Waals surface area contributed by atoms with Crippen LogP contribution in [0.15, 0.2) is 73.1 Å². The van der Waals surface area contributed by atoms with E-state index < -0.39 is 11.3 Å². The molecule has 7 rings (SSSR count). The molecule has 6 aromatic rings. The number of benzene rings is 4. The third-order valence-electron chi connectivity index (χ3n) is 9.65. The second-order valence-corrected chi connectivity index (χ2v) is 11.7. The predicted molar refractivity (Wildman–Crippen MR) is 162 cm³/mol. The van der Waals surface area contributed by atoms with Crippen LogP contribution in [0.25, 0.3) is 54.7 Å². The van der Waals surface area contributed by atoms with E-state index in [-0.39, 0.29) is 0 Å². The zero-order valence-electron chi connectivity index (χ0n) is 24.1. The fourth-order valence-electron chi connectivity index (χ4n) is 7.31. The predicted octanol–water partition coefficient (Wildman–Crippen LogP) is 7.43. The van der Waals surface area contributed by atoms with Gasteiger partial charge in [-0.2, -0.15) is 0 Å². The second-order valence-electron chi connectivity index (χ2n) is 11.7. The fraction of sp³-hybridized carbons (Fsp3) is 0.314. The van der Waals surface area contributed by atoms with Gasteiger partial charge in [0, 0.05) is 25.3 Å². The largest absolute Gasteiger partial charge is 0.358 e. The first kappa shape index (κ1) is 25.2. The molecule has 1 atom stereocenters. The topological polar surface area (TPSA) is 51.2 Å². The molecule has 5 heteroatoms. The average Bonchev–Trinajstić information content (AvgIpc) is 3.25. The van der Waals surface area contributed by atoms with Crippen molar-refractivity contribution in [1.29, 1.82) is 0 Å². The Hall–Kier alpha value is -3.80. The Morgan fingerprint density at radius 3 is 2.30 bits per heavy atom. The summed E-state index contributed by atoms with van der Waals surface area (Å²) in [6, 6.07) is 24.0. The molecule has 1 aliphatic rings. The standard InChI is InChI=1S/C35H36N3O2/c1-7-34(8-2)35(39,40-6)29-18-24-12-10-9-11-23(24)16-27(29)32-33-31(36-20-38(32)34)28-17-25-14-13-22(21(3)4)15-26(25)19-30(28)37(33)5/h9-21,39H,7-8H2,1-6H3/q+1. The number of hydrogen-bond acceptors (Lipinski definition) is 3. The van der Waals surface area contributed by atoms with Gasteiger partial charge in [-0.25, -0.2) is 4.57 Å². The highest BCUT2D eigenvalue weighted by Crippen LogP contribution is 2.51. The maximum Gasteiger partial charge on any atom is 0.288 e. The molecule has 3 heterocycles. The molecule has 0 bridgehead atoms. The molecule has 0 amide bonds. The van der Waals surface area contributed by atoms with E-state index in [1.807, 2.05) is 12.4 Å². The number of aromatic nitrogens is 3. The summed E-state index contributed by atoms with van der Waals surface area (Å²) >= 11 is 0. The van der Waals surface area contributed by atoms with Crippen LogP contribution in [0.1, 0.15) is 57.6 Å². The molecule has 4 aromatic carbocycles. The number of aryl methyl sites for hydroxylation is 1. The van der Waals surface area contributed by atoms with Crippen molar-refractivity contribution in [2.24, 2.45) is 7.05 Å². The van der Waals surface area contributed by atoms with Gasteiger partial charge in [-0.05, 0) is 75.1 Å². The van der Waals surface area contributed by atoms with E-state index in [1.54, 1.807) is 7.11 Å². The third-order valence-corrected chi connectivity index (χ3v) is 9.65. The molecule has 0 saturated heterocycles. The lowest BCUT2D eigenvalue weighted by molar-refractivity contribution is -0.791. The van der Waals surface area contributed by atoms with Crippen molar-refractivity contribution in [3.8, 4) is 11.3 Å². The third kappa shape index (κ3) is 3.05. The Kier molecular flexibility index (Phi) is 5.41. The number of rotatable bonds is 4. The van der Waals surface area contributed by atoms with Gasteiger partial charge in [0.1, 0.15) is 5.52 Å². The maximum atomic E-state index is 12.5. The minimum absolute atomic E-state index is 0.472. The van der Waals surface area contributed by atoms with Gasteiger partial charge in [-0.15, -0.1) is 0 Å². The van der Waals surface area contributed by atoms with E-state index in [9.17, 15) is 5.11 Å². The highest BCUT2D eigenvalue weighted by atomic mass is 16.6. The van der Waals surface area contributed by atoms with Crippen molar-refractivity contribution in [3.63, 3.8) is 0 Å². The van der Waals surface area contributed by atoms with Crippen LogP contribution in [0.4, 0.5) is 0 Å². The highest BCUT2D eigenvalue weighted by Gasteiger charge is 2.60. The Morgan fingerprint density at radius 1 is 0.925 bits per heavy atom. The Bertz CT molecular complexity index is 1980. The van der Waals surface area contributed by atoms with Crippen LogP contribution in [0.2, 0.25) is 0 Å². The SMILES string of the molecule is CCC1(CC)[n+]2cnc3c4cc5ccc(C(C)C)cc5cc4n(C)c3c2-c2cc3ccccc3cc2C1(O)OC. The minimum Gasteiger partial charge on any atom is -0.358 e. The molecule has 0 radical (unpaired) electrons. The summed E-state index contributed by atoms with van der Waals surface area (Å²) in [5, 5.41) is 18.3. The van der Waals surface area contributed by atoms with E-state index in [2.05, 4.69) is 105 Å². The lowest BCUT2D eigenvalue weighted by Crippen LogP contribution is -2.70. The first-order valence-corrected chi connectivity index (χ1v) is 14.4. The van der Waals surface area contributed by atoms with Crippen molar-refractivity contribution in [2.45, 2.75) is 57.8 Å². The van der Waals surface area contributed by atoms with E-state index >= 15 is 0 Å². The number of ether oxygens (including phenoxy) is 1. The number of aliphatic hydroxyl groups is 1. The maximum absolute atomic E-state index is 12.5. The van der Waals surface area contributed by atoms with Gasteiger partial charge in [0.15, 0.2) is 11.2 Å². The second kappa shape index (κ2) is 8.60. The first-order valence-electron chi connectivity index (χ1n) is 14.4. The van der Waals surface area contributed by atoms with Crippen LogP contribution in [-0.4, -0.2) is 21.8 Å². The van der Waals surface area contributed by atoms with Crippen molar-refractivity contribution in [3.05, 3.63) is 84.2 Å². The molecule has 40 heavy (non-hydrogen) atoms. The summed E-state index contributed by atoms with van der Waals surface area (Å²) in [5.74, 6) is -1.05. The molecular weight excluding hydrogens is 494 g/mol. The highest BCUT2D eigenvalue weighted by molar-refractivity contribution is 6.13. The lowest BCUT2D eigenvalue weighted by atomic mass is 9.73. The van der Waals surface area contributed by atoms with Crippen molar-refractivity contribution < 1.29 is 14.4 Å². The molecule has 5 nitrogen and oxygen atoms in total. The Balaban J connectivity index is 1.66. The van der Waals surface area contributed by atoms with Gasteiger partial charge in [-0.3, -0.25) is 0 Å². The monoisotopic (exact) mass is 530 g/mol. The molecular formula is C35H36N3O2+. The molecule has 0 fully saturated rings. The van der Waals surface area contributed by atoms with Crippen molar-refractivity contribution in [1.82, 2.24) is 9.55 Å². The molecule has 1 unspecified atom stereocenters. The van der Waals surface area contributed by atoms with E-state index in [1.165, 1.54) is 16.3 Å². The number of methoxy groups -OCH3 is 1. The summed E-state index contributed by atoms with van der Waals surface area (Å²) in [5.41, 5.74) is 6.65. The van der Waals surface area contributed by atoms with E-state index in [0.29, 0.717) is 18.8 Å². The molecule has 0 saturated carbocycles. The van der Waals surface area contributed by atoms with Crippen LogP contribution in [0, 0.1) is 0 Å². The number of fused-ring (bicyclic) bond motifs is 9. The van der Waals surface area contributed by atoms with Crippen molar-refractivity contribution >= 4 is 43.5 Å². The zero-order valence-corrected chi connectivity index (χ0v) is 24.1. The summed E-state index contributed by atoms with van der Waals surface area (Å²) in [7, 11) is 3.76. The molecule has 202 valence electrons. The van der Waals surface area contributed by atoms with Gasteiger partial charge >= 0.3 is 0 Å². The van der Waals surface area contributed by atoms with Crippen molar-refractivity contribution in [2.75, 3.05) is 7.11 Å². The summed E-state index contributed by atoms with van der Waals surface area (Å²) in [6.45, 7) is 8.72. The zero-order chi connectivity index (χ0) is 28.0. The van der Waals surface area contributed by atoms with Gasteiger partial charge < -0.3 is 14.4 Å². The average molecular weight is 531 g/mol. The first-order chi connectivity index (χ1) is 19.3. The van der Waals surface area contributed by atoms with Crippen LogP contribution in [0.5, 0.6) is 0 Å². The van der Waals surface area contributed by atoms with Gasteiger partial charge in [0.2, 0.25) is 11.3 Å². The Morgan fingerprint density at radius 2 is 1.62 bits per heavy atom. The van der Waals surface area contributed by atoms with Gasteiger partial charge in [0.05, 0.1) is 10.9 Å². The molecule has 2 aromatic heterocycles. The quantitative estimate of drug-likeness (QED) is 0.190. The normalized spacial score (nSPS) is 18.2. The van der Waals surface area contributed by atoms with Gasteiger partial charge in [-0.1, -0.05) is 70.2 Å². The Labute approximate surface area is 234 Å². The number of nitrogens with zero attached hydrogens (tertiary/aromatic N) is 3. The van der Waals surface area contributed by atoms with Crippen LogP contribution in [-0.2, 0) is 23.1 Å². The molecule has 1 N–H and O–H groups in total. The van der Waals surface area contributed by atoms with Gasteiger partial charge in [0.25, 0.3) is 6.33 Å². The van der Waals surface area contributed by atoms with E-state index in [0.717, 1.165) is 49.5 Å². The van der Waals surface area contributed by atoms with Crippen LogP contribution in [0.3, 0.4) is 0 Å². The summed E-state index contributed by atoms with van der Waals surface area (Å²) < 4.78 is 10.6. The molecule has 1 aliphatic heterocycles. The number of hydrogen-bond donors (Lipinski definition) is 1. The molecule has 0 spiro atoms. The summed E-state index contributed by atoms with van der Waals surface area (Å²) in [6.07, 6.45) is 3.28. The van der Waals surface area contributed by atoms with Crippen LogP contribution >= 0.6 is 0 Å². The fourth-order valence-corrected chi connectivity index (χ4v) is 7.31. The van der Waals surface area contributed by atoms with Crippen LogP contribution < -0.4 is 4.57 Å². The lowest BCUT2D eigenvalue weighted by Gasteiger charge is -2.47. The smallest absolute Gasteiger partial charge is 0.288 e. The minimum atomic E-state index is -1.52. The molecule has 0 aliphatic carbocycles.